The van der Waals surface area contributed by atoms with Gasteiger partial charge in [-0.3, -0.25) is 0 Å². The Morgan fingerprint density at radius 1 is 1.40 bits per heavy atom. The first-order chi connectivity index (χ1) is 9.72. The zero-order valence-corrected chi connectivity index (χ0v) is 12.1. The van der Waals surface area contributed by atoms with Crippen LogP contribution in [0.5, 0.6) is 0 Å². The van der Waals surface area contributed by atoms with Crippen molar-refractivity contribution in [3.63, 3.8) is 0 Å². The quantitative estimate of drug-likeness (QED) is 0.837. The molecule has 1 atom stereocenters. The second-order valence-corrected chi connectivity index (χ2v) is 4.64. The first-order valence-corrected chi connectivity index (χ1v) is 6.77. The van der Waals surface area contributed by atoms with E-state index in [4.69, 9.17) is 9.26 Å². The van der Waals surface area contributed by atoms with Crippen molar-refractivity contribution in [1.82, 2.24) is 15.1 Å². The predicted molar refractivity (Wildman–Crippen MR) is 76.5 cm³/mol. The molecule has 0 aliphatic carbocycles. The zero-order chi connectivity index (χ0) is 14.4. The second kappa shape index (κ2) is 7.00. The van der Waals surface area contributed by atoms with Gasteiger partial charge in [0.2, 0.25) is 0 Å². The molecule has 108 valence electrons. The molecule has 20 heavy (non-hydrogen) atoms. The average molecular weight is 276 g/mol. The molecule has 2 aromatic heterocycles. The molecule has 0 fully saturated rings. The van der Waals surface area contributed by atoms with Crippen molar-refractivity contribution in [2.24, 2.45) is 0 Å². The number of anilines is 1. The Morgan fingerprint density at radius 2 is 2.25 bits per heavy atom. The molecule has 6 nitrogen and oxygen atoms in total. The normalized spacial score (nSPS) is 12.3. The van der Waals surface area contributed by atoms with E-state index in [1.165, 1.54) is 0 Å². The minimum Gasteiger partial charge on any atom is -0.384 e. The Hall–Kier alpha value is -1.95. The lowest BCUT2D eigenvalue weighted by atomic mass is 10.2. The maximum atomic E-state index is 5.21. The van der Waals surface area contributed by atoms with E-state index in [9.17, 15) is 0 Å². The van der Waals surface area contributed by atoms with Crippen LogP contribution >= 0.6 is 0 Å². The van der Waals surface area contributed by atoms with E-state index in [1.807, 2.05) is 12.1 Å². The first-order valence-electron chi connectivity index (χ1n) is 6.77. The molecular weight excluding hydrogens is 256 g/mol. The average Bonchev–Trinajstić information content (AvgIpc) is 2.94. The van der Waals surface area contributed by atoms with Gasteiger partial charge in [-0.1, -0.05) is 12.1 Å². The summed E-state index contributed by atoms with van der Waals surface area (Å²) < 4.78 is 10.2. The van der Waals surface area contributed by atoms with Crippen LogP contribution < -0.4 is 5.32 Å². The molecule has 1 unspecified atom stereocenters. The smallest absolute Gasteiger partial charge is 0.259 e. The van der Waals surface area contributed by atoms with Gasteiger partial charge in [0, 0.05) is 25.8 Å². The largest absolute Gasteiger partial charge is 0.384 e. The number of hydrogen-bond donors (Lipinski definition) is 1. The summed E-state index contributed by atoms with van der Waals surface area (Å²) in [5, 5.41) is 7.21. The lowest BCUT2D eigenvalue weighted by molar-refractivity contribution is 0.199. The van der Waals surface area contributed by atoms with E-state index in [0.29, 0.717) is 30.8 Å². The topological polar surface area (TPSA) is 73.1 Å². The van der Waals surface area contributed by atoms with Crippen molar-refractivity contribution in [3.8, 4) is 11.5 Å². The number of nitrogens with one attached hydrogen (secondary N) is 1. The van der Waals surface area contributed by atoms with Gasteiger partial charge in [0.25, 0.3) is 5.89 Å². The van der Waals surface area contributed by atoms with Crippen LogP contribution in [0.15, 0.2) is 22.9 Å². The van der Waals surface area contributed by atoms with Crippen molar-refractivity contribution in [1.29, 1.82) is 0 Å². The molecule has 2 rings (SSSR count). The highest BCUT2D eigenvalue weighted by molar-refractivity contribution is 5.54. The standard InChI is InChI=1S/C14H20N4O2/c1-4-10(2)16-12-6-5-11(9-15-12)14-17-13(18-20-14)7-8-19-3/h5-6,9-10H,4,7-8H2,1-3H3,(H,15,16). The van der Waals surface area contributed by atoms with Crippen molar-refractivity contribution in [3.05, 3.63) is 24.2 Å². The number of rotatable bonds is 7. The fraction of sp³-hybridized carbons (Fsp3) is 0.500. The van der Waals surface area contributed by atoms with E-state index < -0.39 is 0 Å². The maximum Gasteiger partial charge on any atom is 0.259 e. The fourth-order valence-corrected chi connectivity index (χ4v) is 1.63. The summed E-state index contributed by atoms with van der Waals surface area (Å²) in [7, 11) is 1.65. The number of pyridine rings is 1. The highest BCUT2D eigenvalue weighted by Gasteiger charge is 2.09. The molecule has 0 aromatic carbocycles. The van der Waals surface area contributed by atoms with Gasteiger partial charge in [0.1, 0.15) is 5.82 Å². The maximum absolute atomic E-state index is 5.21. The molecule has 0 saturated heterocycles. The van der Waals surface area contributed by atoms with Gasteiger partial charge in [-0.25, -0.2) is 4.98 Å². The van der Waals surface area contributed by atoms with Gasteiger partial charge < -0.3 is 14.6 Å². The van der Waals surface area contributed by atoms with Crippen LogP contribution in [0.4, 0.5) is 5.82 Å². The summed E-state index contributed by atoms with van der Waals surface area (Å²) in [6.07, 6.45) is 3.43. The molecule has 2 heterocycles. The van der Waals surface area contributed by atoms with E-state index in [-0.39, 0.29) is 0 Å². The SMILES string of the molecule is CCC(C)Nc1ccc(-c2nc(CCOC)no2)cn1. The summed E-state index contributed by atoms with van der Waals surface area (Å²) in [5.41, 5.74) is 0.816. The van der Waals surface area contributed by atoms with Crippen molar-refractivity contribution >= 4 is 5.82 Å². The minimum atomic E-state index is 0.400. The third kappa shape index (κ3) is 3.77. The molecule has 0 spiro atoms. The molecule has 0 aliphatic heterocycles. The van der Waals surface area contributed by atoms with Crippen LogP contribution in [0.25, 0.3) is 11.5 Å². The molecule has 0 amide bonds. The van der Waals surface area contributed by atoms with E-state index in [0.717, 1.165) is 17.8 Å². The van der Waals surface area contributed by atoms with Gasteiger partial charge in [-0.15, -0.1) is 0 Å². The lowest BCUT2D eigenvalue weighted by Crippen LogP contribution is -2.14. The van der Waals surface area contributed by atoms with Crippen molar-refractivity contribution in [2.45, 2.75) is 32.7 Å². The molecule has 0 saturated carbocycles. The van der Waals surface area contributed by atoms with Crippen LogP contribution in [0.2, 0.25) is 0 Å². The first kappa shape index (κ1) is 14.5. The molecular formula is C14H20N4O2. The third-order valence-corrected chi connectivity index (χ3v) is 3.01. The summed E-state index contributed by atoms with van der Waals surface area (Å²) in [5.74, 6) is 1.98. The van der Waals surface area contributed by atoms with Crippen LogP contribution in [0.1, 0.15) is 26.1 Å². The second-order valence-electron chi connectivity index (χ2n) is 4.64. The Morgan fingerprint density at radius 3 is 2.90 bits per heavy atom. The van der Waals surface area contributed by atoms with Gasteiger partial charge in [-0.05, 0) is 25.5 Å². The molecule has 0 radical (unpaired) electrons. The Balaban J connectivity index is 2.03. The molecule has 6 heteroatoms. The van der Waals surface area contributed by atoms with Gasteiger partial charge in [-0.2, -0.15) is 4.98 Å². The number of methoxy groups -OCH3 is 1. The summed E-state index contributed by atoms with van der Waals surface area (Å²) >= 11 is 0. The molecule has 0 aliphatic rings. The molecule has 2 aromatic rings. The predicted octanol–water partition coefficient (Wildman–Crippen LogP) is 2.53. The molecule has 1 N–H and O–H groups in total. The van der Waals surface area contributed by atoms with E-state index >= 15 is 0 Å². The van der Waals surface area contributed by atoms with Crippen LogP contribution in [0.3, 0.4) is 0 Å². The Bertz CT molecular complexity index is 524. The fourth-order valence-electron chi connectivity index (χ4n) is 1.63. The zero-order valence-electron chi connectivity index (χ0n) is 12.1. The minimum absolute atomic E-state index is 0.400. The third-order valence-electron chi connectivity index (χ3n) is 3.01. The lowest BCUT2D eigenvalue weighted by Gasteiger charge is -2.11. The van der Waals surface area contributed by atoms with Crippen LogP contribution in [-0.2, 0) is 11.2 Å². The van der Waals surface area contributed by atoms with Gasteiger partial charge in [0.05, 0.1) is 12.2 Å². The van der Waals surface area contributed by atoms with Crippen molar-refractivity contribution < 1.29 is 9.26 Å². The van der Waals surface area contributed by atoms with Gasteiger partial charge >= 0.3 is 0 Å². The van der Waals surface area contributed by atoms with Crippen LogP contribution in [-0.4, -0.2) is 34.9 Å². The number of ether oxygens (including phenoxy) is 1. The summed E-state index contributed by atoms with van der Waals surface area (Å²) in [6.45, 7) is 4.83. The van der Waals surface area contributed by atoms with E-state index in [1.54, 1.807) is 13.3 Å². The van der Waals surface area contributed by atoms with Crippen LogP contribution in [0, 0.1) is 0 Å². The summed E-state index contributed by atoms with van der Waals surface area (Å²) in [4.78, 5) is 8.66. The highest BCUT2D eigenvalue weighted by Crippen LogP contribution is 2.18. The number of hydrogen-bond acceptors (Lipinski definition) is 6. The van der Waals surface area contributed by atoms with E-state index in [2.05, 4.69) is 34.3 Å². The number of aromatic nitrogens is 3. The van der Waals surface area contributed by atoms with Gasteiger partial charge in [0.15, 0.2) is 5.82 Å². The molecule has 0 bridgehead atoms. The summed E-state index contributed by atoms with van der Waals surface area (Å²) in [6, 6.07) is 4.24. The highest BCUT2D eigenvalue weighted by atomic mass is 16.5. The Kier molecular flexibility index (Phi) is 5.06. The monoisotopic (exact) mass is 276 g/mol. The number of nitrogens with zero attached hydrogens (tertiary/aromatic N) is 3. The Labute approximate surface area is 118 Å². The van der Waals surface area contributed by atoms with Crippen molar-refractivity contribution in [2.75, 3.05) is 19.0 Å².